The van der Waals surface area contributed by atoms with E-state index in [-0.39, 0.29) is 16.8 Å². The molecule has 0 bridgehead atoms. The highest BCUT2D eigenvalue weighted by Gasteiger charge is 2.17. The molecular formula is C25H21NO3. The van der Waals surface area contributed by atoms with Crippen LogP contribution in [-0.2, 0) is 6.54 Å². The number of rotatable bonds is 6. The van der Waals surface area contributed by atoms with Crippen molar-refractivity contribution in [3.63, 3.8) is 0 Å². The van der Waals surface area contributed by atoms with Crippen LogP contribution in [0.25, 0.3) is 10.9 Å². The Morgan fingerprint density at radius 2 is 1.59 bits per heavy atom. The molecule has 29 heavy (non-hydrogen) atoms. The van der Waals surface area contributed by atoms with Crippen LogP contribution in [-0.4, -0.2) is 17.0 Å². The summed E-state index contributed by atoms with van der Waals surface area (Å²) in [5.74, 6) is 0.412. The number of ketones is 1. The van der Waals surface area contributed by atoms with Gasteiger partial charge in [0.15, 0.2) is 5.78 Å². The van der Waals surface area contributed by atoms with Crippen LogP contribution < -0.4 is 10.2 Å². The fourth-order valence-corrected chi connectivity index (χ4v) is 3.44. The minimum Gasteiger partial charge on any atom is -0.494 e. The van der Waals surface area contributed by atoms with Crippen LogP contribution in [0.4, 0.5) is 0 Å². The molecule has 0 unspecified atom stereocenters. The summed E-state index contributed by atoms with van der Waals surface area (Å²) in [7, 11) is 0. The summed E-state index contributed by atoms with van der Waals surface area (Å²) in [6.07, 6.45) is 1.68. The molecule has 0 aliphatic carbocycles. The van der Waals surface area contributed by atoms with E-state index in [9.17, 15) is 9.59 Å². The smallest absolute Gasteiger partial charge is 0.200 e. The maximum absolute atomic E-state index is 13.1. The number of nitrogens with zero attached hydrogens (tertiary/aromatic N) is 1. The number of aromatic nitrogens is 1. The van der Waals surface area contributed by atoms with E-state index in [1.54, 1.807) is 36.5 Å². The molecule has 4 rings (SSSR count). The predicted molar refractivity (Wildman–Crippen MR) is 115 cm³/mol. The number of carbonyl (C=O) groups excluding carboxylic acids is 1. The summed E-state index contributed by atoms with van der Waals surface area (Å²) in [6.45, 7) is 3.04. The van der Waals surface area contributed by atoms with Gasteiger partial charge in [-0.05, 0) is 48.9 Å². The van der Waals surface area contributed by atoms with Crippen molar-refractivity contribution in [1.82, 2.24) is 4.57 Å². The van der Waals surface area contributed by atoms with Gasteiger partial charge in [0.2, 0.25) is 5.43 Å². The van der Waals surface area contributed by atoms with Gasteiger partial charge in [-0.3, -0.25) is 9.59 Å². The normalized spacial score (nSPS) is 10.8. The van der Waals surface area contributed by atoms with Crippen LogP contribution in [0.15, 0.2) is 89.9 Å². The molecule has 3 aromatic carbocycles. The third kappa shape index (κ3) is 3.83. The number of benzene rings is 3. The molecule has 4 aromatic rings. The molecule has 0 amide bonds. The maximum Gasteiger partial charge on any atom is 0.200 e. The van der Waals surface area contributed by atoms with Gasteiger partial charge in [0.25, 0.3) is 0 Å². The summed E-state index contributed by atoms with van der Waals surface area (Å²) in [6, 6.07) is 24.3. The molecule has 0 fully saturated rings. The lowest BCUT2D eigenvalue weighted by Gasteiger charge is -2.13. The summed E-state index contributed by atoms with van der Waals surface area (Å²) in [5.41, 5.74) is 2.30. The Morgan fingerprint density at radius 1 is 0.897 bits per heavy atom. The Hall–Kier alpha value is -3.66. The highest BCUT2D eigenvalue weighted by Crippen LogP contribution is 2.18. The van der Waals surface area contributed by atoms with E-state index < -0.39 is 0 Å². The van der Waals surface area contributed by atoms with Gasteiger partial charge in [-0.25, -0.2) is 0 Å². The Kier molecular flexibility index (Phi) is 5.25. The first-order valence-electron chi connectivity index (χ1n) is 9.61. The van der Waals surface area contributed by atoms with E-state index in [1.165, 1.54) is 0 Å². The van der Waals surface area contributed by atoms with Crippen LogP contribution in [0.3, 0.4) is 0 Å². The average Bonchev–Trinajstić information content (AvgIpc) is 2.77. The number of carbonyl (C=O) groups is 1. The molecule has 144 valence electrons. The van der Waals surface area contributed by atoms with Crippen LogP contribution in [0.5, 0.6) is 5.75 Å². The molecule has 1 aromatic heterocycles. The minimum atomic E-state index is -0.286. The molecule has 0 spiro atoms. The predicted octanol–water partition coefficient (Wildman–Crippen LogP) is 4.68. The Bertz CT molecular complexity index is 1210. The van der Waals surface area contributed by atoms with Crippen LogP contribution in [0.1, 0.15) is 28.4 Å². The molecule has 0 radical (unpaired) electrons. The van der Waals surface area contributed by atoms with Crippen molar-refractivity contribution in [2.45, 2.75) is 13.5 Å². The largest absolute Gasteiger partial charge is 0.494 e. The fraction of sp³-hybridized carbons (Fsp3) is 0.120. The maximum atomic E-state index is 13.1. The van der Waals surface area contributed by atoms with Gasteiger partial charge in [0, 0.05) is 23.7 Å². The molecule has 0 saturated carbocycles. The van der Waals surface area contributed by atoms with Crippen molar-refractivity contribution in [2.75, 3.05) is 6.61 Å². The zero-order valence-corrected chi connectivity index (χ0v) is 16.2. The summed E-state index contributed by atoms with van der Waals surface area (Å²) < 4.78 is 7.40. The summed E-state index contributed by atoms with van der Waals surface area (Å²) in [5, 5.41) is 0.542. The topological polar surface area (TPSA) is 48.3 Å². The first-order valence-corrected chi connectivity index (χ1v) is 9.61. The third-order valence-electron chi connectivity index (χ3n) is 4.86. The number of pyridine rings is 1. The SMILES string of the molecule is CCOc1ccc(C(=O)c2cn(Cc3ccccc3)c3ccccc3c2=O)cc1. The van der Waals surface area contributed by atoms with E-state index in [0.29, 0.717) is 29.9 Å². The van der Waals surface area contributed by atoms with Crippen LogP contribution >= 0.6 is 0 Å². The lowest BCUT2D eigenvalue weighted by atomic mass is 10.0. The van der Waals surface area contributed by atoms with Gasteiger partial charge in [-0.1, -0.05) is 42.5 Å². The second kappa shape index (κ2) is 8.15. The number of fused-ring (bicyclic) bond motifs is 1. The van der Waals surface area contributed by atoms with Gasteiger partial charge in [0.1, 0.15) is 5.75 Å². The molecule has 0 saturated heterocycles. The molecule has 1 heterocycles. The van der Waals surface area contributed by atoms with Crippen molar-refractivity contribution in [3.8, 4) is 5.75 Å². The molecule has 4 nitrogen and oxygen atoms in total. The lowest BCUT2D eigenvalue weighted by molar-refractivity contribution is 0.103. The van der Waals surface area contributed by atoms with Gasteiger partial charge in [0.05, 0.1) is 17.7 Å². The number of hydrogen-bond acceptors (Lipinski definition) is 3. The monoisotopic (exact) mass is 383 g/mol. The Labute approximate surface area is 169 Å². The molecule has 0 aliphatic rings. The third-order valence-corrected chi connectivity index (χ3v) is 4.86. The average molecular weight is 383 g/mol. The van der Waals surface area contributed by atoms with Gasteiger partial charge < -0.3 is 9.30 Å². The number of para-hydroxylation sites is 1. The first-order chi connectivity index (χ1) is 14.2. The summed E-state index contributed by atoms with van der Waals surface area (Å²) >= 11 is 0. The number of ether oxygens (including phenoxy) is 1. The lowest BCUT2D eigenvalue weighted by Crippen LogP contribution is -2.20. The Morgan fingerprint density at radius 3 is 2.31 bits per heavy atom. The quantitative estimate of drug-likeness (QED) is 0.454. The van der Waals surface area contributed by atoms with E-state index in [2.05, 4.69) is 0 Å². The molecule has 0 atom stereocenters. The van der Waals surface area contributed by atoms with Crippen molar-refractivity contribution in [3.05, 3.63) is 112 Å². The van der Waals surface area contributed by atoms with Gasteiger partial charge >= 0.3 is 0 Å². The fourth-order valence-electron chi connectivity index (χ4n) is 3.44. The highest BCUT2D eigenvalue weighted by molar-refractivity contribution is 6.10. The summed E-state index contributed by atoms with van der Waals surface area (Å²) in [4.78, 5) is 26.2. The van der Waals surface area contributed by atoms with Crippen molar-refractivity contribution in [2.24, 2.45) is 0 Å². The zero-order chi connectivity index (χ0) is 20.2. The van der Waals surface area contributed by atoms with Gasteiger partial charge in [-0.15, -0.1) is 0 Å². The molecule has 4 heteroatoms. The van der Waals surface area contributed by atoms with Crippen LogP contribution in [0, 0.1) is 0 Å². The van der Waals surface area contributed by atoms with Crippen LogP contribution in [0.2, 0.25) is 0 Å². The van der Waals surface area contributed by atoms with Crippen molar-refractivity contribution < 1.29 is 9.53 Å². The molecular weight excluding hydrogens is 362 g/mol. The van der Waals surface area contributed by atoms with Gasteiger partial charge in [-0.2, -0.15) is 0 Å². The molecule has 0 aliphatic heterocycles. The van der Waals surface area contributed by atoms with E-state index in [1.807, 2.05) is 60.0 Å². The number of hydrogen-bond donors (Lipinski definition) is 0. The van der Waals surface area contributed by atoms with E-state index in [0.717, 1.165) is 11.1 Å². The van der Waals surface area contributed by atoms with E-state index in [4.69, 9.17) is 4.74 Å². The Balaban J connectivity index is 1.80. The van der Waals surface area contributed by atoms with Crippen molar-refractivity contribution in [1.29, 1.82) is 0 Å². The zero-order valence-electron chi connectivity index (χ0n) is 16.2. The highest BCUT2D eigenvalue weighted by atomic mass is 16.5. The second-order valence-corrected chi connectivity index (χ2v) is 6.79. The second-order valence-electron chi connectivity index (χ2n) is 6.79. The van der Waals surface area contributed by atoms with Crippen molar-refractivity contribution >= 4 is 16.7 Å². The molecule has 0 N–H and O–H groups in total. The minimum absolute atomic E-state index is 0.170. The standard InChI is InChI=1S/C25H21NO3/c1-2-29-20-14-12-19(13-15-20)24(27)22-17-26(16-18-8-4-3-5-9-18)23-11-7-6-10-21(23)25(22)28/h3-15,17H,2,16H2,1H3. The van der Waals surface area contributed by atoms with E-state index >= 15 is 0 Å². The first kappa shape index (κ1) is 18.7.